The monoisotopic (exact) mass is 354 g/mol. The number of rotatable bonds is 3. The van der Waals surface area contributed by atoms with Gasteiger partial charge in [0.05, 0.1) is 19.2 Å². The van der Waals surface area contributed by atoms with Crippen molar-refractivity contribution >= 4 is 12.3 Å². The molecule has 25 heavy (non-hydrogen) atoms. The van der Waals surface area contributed by atoms with Gasteiger partial charge < -0.3 is 14.5 Å². The maximum Gasteiger partial charge on any atom is 0.410 e. The third-order valence-electron chi connectivity index (χ3n) is 3.53. The van der Waals surface area contributed by atoms with Gasteiger partial charge in [0.2, 0.25) is 0 Å². The number of benzene rings is 1. The van der Waals surface area contributed by atoms with E-state index in [-0.39, 0.29) is 13.0 Å². The number of likely N-dealkylation sites (tertiary alicyclic amines) is 1. The van der Waals surface area contributed by atoms with Crippen LogP contribution in [-0.2, 0) is 9.57 Å². The van der Waals surface area contributed by atoms with Crippen molar-refractivity contribution in [1.82, 2.24) is 4.90 Å². The Balaban J connectivity index is 1.95. The number of alkyl halides is 2. The Morgan fingerprint density at radius 1 is 1.32 bits per heavy atom. The van der Waals surface area contributed by atoms with Gasteiger partial charge in [0.25, 0.3) is 5.92 Å². The fourth-order valence-electron chi connectivity index (χ4n) is 2.45. The van der Waals surface area contributed by atoms with Crippen LogP contribution in [0.1, 0.15) is 39.2 Å². The zero-order chi connectivity index (χ0) is 18.5. The molecule has 0 unspecified atom stereocenters. The highest BCUT2D eigenvalue weighted by Gasteiger charge is 2.41. The number of halogens is 2. The lowest BCUT2D eigenvalue weighted by Gasteiger charge is -2.27. The smallest absolute Gasteiger partial charge is 0.410 e. The predicted octanol–water partition coefficient (Wildman–Crippen LogP) is 4.07. The Labute approximate surface area is 146 Å². The van der Waals surface area contributed by atoms with Crippen molar-refractivity contribution in [3.63, 3.8) is 0 Å². The second kappa shape index (κ2) is 7.80. The summed E-state index contributed by atoms with van der Waals surface area (Å²) in [7, 11) is 0. The van der Waals surface area contributed by atoms with Crippen LogP contribution in [0.2, 0.25) is 0 Å². The van der Waals surface area contributed by atoms with E-state index in [0.29, 0.717) is 0 Å². The van der Waals surface area contributed by atoms with Gasteiger partial charge in [-0.1, -0.05) is 35.5 Å². The van der Waals surface area contributed by atoms with Gasteiger partial charge in [-0.25, -0.2) is 13.6 Å². The number of hydrogen-bond acceptors (Lipinski definition) is 4. The van der Waals surface area contributed by atoms with Crippen LogP contribution in [0, 0.1) is 0 Å². The van der Waals surface area contributed by atoms with Gasteiger partial charge in [-0.05, 0) is 26.3 Å². The van der Waals surface area contributed by atoms with Crippen molar-refractivity contribution in [2.45, 2.75) is 51.2 Å². The van der Waals surface area contributed by atoms with Gasteiger partial charge in [-0.15, -0.1) is 0 Å². The summed E-state index contributed by atoms with van der Waals surface area (Å²) in [6.45, 7) is 4.56. The van der Waals surface area contributed by atoms with Crippen LogP contribution in [0.3, 0.4) is 0 Å². The molecule has 1 aromatic rings. The first-order valence-corrected chi connectivity index (χ1v) is 8.25. The molecule has 1 heterocycles. The Hall–Kier alpha value is -2.18. The number of hydrogen-bond donors (Lipinski definition) is 0. The molecule has 1 aliphatic rings. The molecule has 5 nitrogen and oxygen atoms in total. The highest BCUT2D eigenvalue weighted by atomic mass is 19.3. The molecule has 1 aromatic carbocycles. The molecule has 1 saturated heterocycles. The van der Waals surface area contributed by atoms with Crippen molar-refractivity contribution in [3.05, 3.63) is 35.9 Å². The summed E-state index contributed by atoms with van der Waals surface area (Å²) >= 11 is 0. The van der Waals surface area contributed by atoms with Crippen LogP contribution in [-0.4, -0.2) is 47.9 Å². The van der Waals surface area contributed by atoms with Crippen LogP contribution in [0.25, 0.3) is 0 Å². The fraction of sp³-hybridized carbons (Fsp3) is 0.556. The summed E-state index contributed by atoms with van der Waals surface area (Å²) in [5.41, 5.74) is 0.0902. The summed E-state index contributed by atoms with van der Waals surface area (Å²) in [6, 6.07) is 9.23. The van der Waals surface area contributed by atoms with Crippen LogP contribution >= 0.6 is 0 Å². The van der Waals surface area contributed by atoms with Crippen LogP contribution < -0.4 is 0 Å². The zero-order valence-electron chi connectivity index (χ0n) is 14.7. The Morgan fingerprint density at radius 3 is 2.64 bits per heavy atom. The Kier molecular flexibility index (Phi) is 5.98. The normalized spacial score (nSPS) is 21.0. The largest absolute Gasteiger partial charge is 0.444 e. The minimum Gasteiger partial charge on any atom is -0.444 e. The quantitative estimate of drug-likeness (QED) is 0.607. The Morgan fingerprint density at radius 2 is 2.00 bits per heavy atom. The molecule has 0 aromatic heterocycles. The van der Waals surface area contributed by atoms with E-state index >= 15 is 0 Å². The van der Waals surface area contributed by atoms with E-state index in [4.69, 9.17) is 9.57 Å². The number of carbonyl (C=O) groups excluding carboxylic acids is 1. The average Bonchev–Trinajstić information content (AvgIpc) is 2.65. The molecule has 1 aliphatic heterocycles. The van der Waals surface area contributed by atoms with E-state index in [2.05, 4.69) is 5.16 Å². The molecular weight excluding hydrogens is 330 g/mol. The number of nitrogens with zero attached hydrogens (tertiary/aromatic N) is 2. The van der Waals surface area contributed by atoms with Gasteiger partial charge in [-0.2, -0.15) is 0 Å². The maximum absolute atomic E-state index is 14.1. The summed E-state index contributed by atoms with van der Waals surface area (Å²) in [5.74, 6) is -3.06. The topological polar surface area (TPSA) is 51.1 Å². The molecule has 1 amide bonds. The third-order valence-corrected chi connectivity index (χ3v) is 3.53. The molecule has 0 bridgehead atoms. The zero-order valence-corrected chi connectivity index (χ0v) is 14.7. The first-order chi connectivity index (χ1) is 11.6. The van der Waals surface area contributed by atoms with E-state index < -0.39 is 36.7 Å². The van der Waals surface area contributed by atoms with Gasteiger partial charge in [-0.3, -0.25) is 0 Å². The number of oxime groups is 1. The van der Waals surface area contributed by atoms with Gasteiger partial charge >= 0.3 is 6.09 Å². The molecule has 7 heteroatoms. The molecule has 0 radical (unpaired) electrons. The van der Waals surface area contributed by atoms with Crippen molar-refractivity contribution < 1.29 is 23.1 Å². The van der Waals surface area contributed by atoms with Crippen LogP contribution in [0.5, 0.6) is 0 Å². The number of amides is 1. The molecule has 0 spiro atoms. The van der Waals surface area contributed by atoms with Crippen molar-refractivity contribution in [2.24, 2.45) is 5.16 Å². The summed E-state index contributed by atoms with van der Waals surface area (Å²) in [5, 5.41) is 3.81. The van der Waals surface area contributed by atoms with Crippen LogP contribution in [0.15, 0.2) is 35.5 Å². The SMILES string of the molecule is CC(C)(C)OC(=O)N1CC[C@H](O/N=C\c2ccccc2)CC(F)(F)C1. The highest BCUT2D eigenvalue weighted by molar-refractivity contribution is 5.78. The van der Waals surface area contributed by atoms with E-state index in [1.54, 1.807) is 20.8 Å². The molecule has 0 N–H and O–H groups in total. The first-order valence-electron chi connectivity index (χ1n) is 8.25. The van der Waals surface area contributed by atoms with Gasteiger partial charge in [0.1, 0.15) is 11.7 Å². The molecule has 138 valence electrons. The number of carbonyl (C=O) groups is 1. The van der Waals surface area contributed by atoms with Crippen molar-refractivity contribution in [1.29, 1.82) is 0 Å². The molecule has 2 rings (SSSR count). The highest BCUT2D eigenvalue weighted by Crippen LogP contribution is 2.29. The van der Waals surface area contributed by atoms with E-state index in [1.165, 1.54) is 6.21 Å². The molecule has 0 aliphatic carbocycles. The second-order valence-electron chi connectivity index (χ2n) is 7.12. The average molecular weight is 354 g/mol. The predicted molar refractivity (Wildman–Crippen MR) is 90.9 cm³/mol. The van der Waals surface area contributed by atoms with Gasteiger partial charge in [0.15, 0.2) is 0 Å². The second-order valence-corrected chi connectivity index (χ2v) is 7.12. The summed E-state index contributed by atoms with van der Waals surface area (Å²) < 4.78 is 33.4. The van der Waals surface area contributed by atoms with E-state index in [0.717, 1.165) is 10.5 Å². The van der Waals surface area contributed by atoms with E-state index in [1.807, 2.05) is 30.3 Å². The first kappa shape index (κ1) is 19.1. The van der Waals surface area contributed by atoms with Crippen molar-refractivity contribution in [3.8, 4) is 0 Å². The molecular formula is C18H24F2N2O3. The lowest BCUT2D eigenvalue weighted by Crippen LogP contribution is -2.42. The third kappa shape index (κ3) is 6.68. The maximum atomic E-state index is 14.1. The lowest BCUT2D eigenvalue weighted by molar-refractivity contribution is -0.0663. The van der Waals surface area contributed by atoms with Crippen molar-refractivity contribution in [2.75, 3.05) is 13.1 Å². The summed E-state index contributed by atoms with van der Waals surface area (Å²) in [4.78, 5) is 18.3. The van der Waals surface area contributed by atoms with Crippen LogP contribution in [0.4, 0.5) is 13.6 Å². The minimum absolute atomic E-state index is 0.135. The lowest BCUT2D eigenvalue weighted by atomic mass is 10.1. The number of ether oxygens (including phenoxy) is 1. The van der Waals surface area contributed by atoms with E-state index in [9.17, 15) is 13.6 Å². The standard InChI is InChI=1S/C18H24F2N2O3/c1-17(2,3)24-16(23)22-10-9-15(11-18(19,20)13-22)25-21-12-14-7-5-4-6-8-14/h4-8,12,15H,9-11,13H2,1-3H3/b21-12-/t15-/m0/s1. The molecule has 0 saturated carbocycles. The van der Waals surface area contributed by atoms with Gasteiger partial charge in [0, 0.05) is 13.0 Å². The minimum atomic E-state index is -3.06. The fourth-order valence-corrected chi connectivity index (χ4v) is 2.45. The Bertz CT molecular complexity index is 600. The molecule has 1 fully saturated rings. The molecule has 1 atom stereocenters. The summed E-state index contributed by atoms with van der Waals surface area (Å²) in [6.07, 6.45) is -0.239.